The summed E-state index contributed by atoms with van der Waals surface area (Å²) in [5.41, 5.74) is 0.524. The van der Waals surface area contributed by atoms with Gasteiger partial charge in [0.2, 0.25) is 5.91 Å². The fourth-order valence-electron chi connectivity index (χ4n) is 2.67. The lowest BCUT2D eigenvalue weighted by molar-refractivity contribution is -0.133. The molecule has 0 bridgehead atoms. The first-order valence-electron chi connectivity index (χ1n) is 7.84. The van der Waals surface area contributed by atoms with E-state index in [2.05, 4.69) is 9.88 Å². The number of thiazole rings is 1. The molecule has 0 aliphatic carbocycles. The van der Waals surface area contributed by atoms with E-state index < -0.39 is 0 Å². The Labute approximate surface area is 144 Å². The Morgan fingerprint density at radius 3 is 3.08 bits per heavy atom. The predicted octanol–water partition coefficient (Wildman–Crippen LogP) is 2.31. The summed E-state index contributed by atoms with van der Waals surface area (Å²) < 4.78 is 19.4. The molecule has 0 radical (unpaired) electrons. The van der Waals surface area contributed by atoms with Crippen molar-refractivity contribution in [3.8, 4) is 0 Å². The number of nitrogens with zero attached hydrogens (tertiary/aromatic N) is 3. The summed E-state index contributed by atoms with van der Waals surface area (Å²) in [6.45, 7) is 2.50. The van der Waals surface area contributed by atoms with Crippen molar-refractivity contribution in [3.63, 3.8) is 0 Å². The summed E-state index contributed by atoms with van der Waals surface area (Å²) in [5, 5.41) is 2.86. The molecule has 5 nitrogen and oxygen atoms in total. The molecule has 1 fully saturated rings. The van der Waals surface area contributed by atoms with E-state index in [0.29, 0.717) is 31.8 Å². The zero-order chi connectivity index (χ0) is 16.9. The zero-order valence-electron chi connectivity index (χ0n) is 13.5. The van der Waals surface area contributed by atoms with Crippen molar-refractivity contribution in [1.29, 1.82) is 0 Å². The van der Waals surface area contributed by atoms with Crippen molar-refractivity contribution in [3.05, 3.63) is 52.2 Å². The summed E-state index contributed by atoms with van der Waals surface area (Å²) in [5.74, 6) is -0.314. The Morgan fingerprint density at radius 1 is 1.50 bits per heavy atom. The van der Waals surface area contributed by atoms with E-state index in [1.807, 2.05) is 5.38 Å². The number of hydrogen-bond acceptors (Lipinski definition) is 5. The van der Waals surface area contributed by atoms with Crippen LogP contribution in [0.15, 0.2) is 35.8 Å². The zero-order valence-corrected chi connectivity index (χ0v) is 14.3. The third kappa shape index (κ3) is 4.17. The molecule has 0 N–H and O–H groups in total. The number of carbonyl (C=O) groups is 1. The molecule has 1 aliphatic rings. The summed E-state index contributed by atoms with van der Waals surface area (Å²) >= 11 is 1.56. The number of carbonyl (C=O) groups excluding carboxylic acids is 1. The van der Waals surface area contributed by atoms with Gasteiger partial charge in [-0.3, -0.25) is 9.69 Å². The lowest BCUT2D eigenvalue weighted by Crippen LogP contribution is -2.44. The summed E-state index contributed by atoms with van der Waals surface area (Å²) in [4.78, 5) is 20.3. The maximum Gasteiger partial charge on any atom is 0.236 e. The highest BCUT2D eigenvalue weighted by atomic mass is 32.1. The SMILES string of the molecule is CN(Cc1ccccc1F)C(=O)CN1CCO[C@H](c2nccs2)C1. The number of rotatable bonds is 5. The molecule has 2 aromatic rings. The number of hydrogen-bond donors (Lipinski definition) is 0. The average Bonchev–Trinajstić information content (AvgIpc) is 3.12. The van der Waals surface area contributed by atoms with Crippen LogP contribution in [0.25, 0.3) is 0 Å². The van der Waals surface area contributed by atoms with Crippen LogP contribution in [-0.2, 0) is 16.1 Å². The highest BCUT2D eigenvalue weighted by Gasteiger charge is 2.26. The van der Waals surface area contributed by atoms with Crippen LogP contribution < -0.4 is 0 Å². The van der Waals surface area contributed by atoms with E-state index in [-0.39, 0.29) is 24.4 Å². The monoisotopic (exact) mass is 349 g/mol. The van der Waals surface area contributed by atoms with Crippen LogP contribution in [0.2, 0.25) is 0 Å². The maximum atomic E-state index is 13.7. The molecule has 7 heteroatoms. The summed E-state index contributed by atoms with van der Waals surface area (Å²) in [7, 11) is 1.70. The van der Waals surface area contributed by atoms with Gasteiger partial charge < -0.3 is 9.64 Å². The lowest BCUT2D eigenvalue weighted by atomic mass is 10.2. The molecule has 1 saturated heterocycles. The number of benzene rings is 1. The van der Waals surface area contributed by atoms with Gasteiger partial charge in [-0.05, 0) is 6.07 Å². The van der Waals surface area contributed by atoms with Gasteiger partial charge in [-0.2, -0.15) is 0 Å². The standard InChI is InChI=1S/C17H20FN3O2S/c1-20(10-13-4-2-3-5-14(13)18)16(22)12-21-7-8-23-15(11-21)17-19-6-9-24-17/h2-6,9,15H,7-8,10-12H2,1H3/t15-/m0/s1. The predicted molar refractivity (Wildman–Crippen MR) is 90.1 cm³/mol. The van der Waals surface area contributed by atoms with Crippen LogP contribution in [0.5, 0.6) is 0 Å². The van der Waals surface area contributed by atoms with Crippen molar-refractivity contribution in [2.75, 3.05) is 33.3 Å². The fraction of sp³-hybridized carbons (Fsp3) is 0.412. The molecule has 1 amide bonds. The molecular formula is C17H20FN3O2S. The Balaban J connectivity index is 1.55. The van der Waals surface area contributed by atoms with E-state index in [4.69, 9.17) is 4.74 Å². The van der Waals surface area contributed by atoms with Crippen molar-refractivity contribution >= 4 is 17.2 Å². The molecule has 24 heavy (non-hydrogen) atoms. The largest absolute Gasteiger partial charge is 0.368 e. The van der Waals surface area contributed by atoms with Crippen LogP contribution in [-0.4, -0.2) is 54.0 Å². The Morgan fingerprint density at radius 2 is 2.33 bits per heavy atom. The highest BCUT2D eigenvalue weighted by molar-refractivity contribution is 7.09. The second-order valence-corrected chi connectivity index (χ2v) is 6.73. The van der Waals surface area contributed by atoms with Crippen LogP contribution >= 0.6 is 11.3 Å². The first-order chi connectivity index (χ1) is 11.6. The van der Waals surface area contributed by atoms with E-state index in [1.54, 1.807) is 47.7 Å². The number of likely N-dealkylation sites (N-methyl/N-ethyl adjacent to an activating group) is 1. The topological polar surface area (TPSA) is 45.7 Å². The van der Waals surface area contributed by atoms with Gasteiger partial charge in [0.15, 0.2) is 0 Å². The molecule has 1 aromatic heterocycles. The number of ether oxygens (including phenoxy) is 1. The molecule has 1 aliphatic heterocycles. The van der Waals surface area contributed by atoms with Crippen molar-refractivity contribution < 1.29 is 13.9 Å². The minimum absolute atomic E-state index is 0.0296. The Bertz CT molecular complexity index is 680. The molecular weight excluding hydrogens is 329 g/mol. The molecule has 0 unspecified atom stereocenters. The normalized spacial score (nSPS) is 18.5. The van der Waals surface area contributed by atoms with Crippen molar-refractivity contribution in [2.24, 2.45) is 0 Å². The Kier molecular flexibility index (Phi) is 5.55. The first-order valence-corrected chi connectivity index (χ1v) is 8.72. The molecule has 1 atom stereocenters. The van der Waals surface area contributed by atoms with Gasteiger partial charge in [0.1, 0.15) is 16.9 Å². The quantitative estimate of drug-likeness (QED) is 0.831. The highest BCUT2D eigenvalue weighted by Crippen LogP contribution is 2.23. The van der Waals surface area contributed by atoms with E-state index >= 15 is 0 Å². The van der Waals surface area contributed by atoms with Gasteiger partial charge in [0.25, 0.3) is 0 Å². The first kappa shape index (κ1) is 17.0. The number of halogens is 1. The molecule has 0 spiro atoms. The molecule has 1 aromatic carbocycles. The van der Waals surface area contributed by atoms with E-state index in [0.717, 1.165) is 5.01 Å². The Hall–Kier alpha value is -1.83. The smallest absolute Gasteiger partial charge is 0.236 e. The van der Waals surface area contributed by atoms with Gasteiger partial charge in [-0.15, -0.1) is 11.3 Å². The van der Waals surface area contributed by atoms with Crippen LogP contribution in [0.4, 0.5) is 4.39 Å². The third-order valence-corrected chi connectivity index (χ3v) is 4.89. The summed E-state index contributed by atoms with van der Waals surface area (Å²) in [6, 6.07) is 6.53. The van der Waals surface area contributed by atoms with Gasteiger partial charge in [-0.1, -0.05) is 18.2 Å². The van der Waals surface area contributed by atoms with Crippen molar-refractivity contribution in [2.45, 2.75) is 12.6 Å². The third-order valence-electron chi connectivity index (χ3n) is 4.03. The van der Waals surface area contributed by atoms with Gasteiger partial charge in [-0.25, -0.2) is 9.37 Å². The molecule has 2 heterocycles. The van der Waals surface area contributed by atoms with Gasteiger partial charge in [0, 0.05) is 43.8 Å². The second kappa shape index (κ2) is 7.83. The number of amides is 1. The van der Waals surface area contributed by atoms with Crippen LogP contribution in [0.1, 0.15) is 16.7 Å². The van der Waals surface area contributed by atoms with Crippen LogP contribution in [0, 0.1) is 5.82 Å². The number of aromatic nitrogens is 1. The van der Waals surface area contributed by atoms with Crippen LogP contribution in [0.3, 0.4) is 0 Å². The molecule has 128 valence electrons. The molecule has 3 rings (SSSR count). The summed E-state index contributed by atoms with van der Waals surface area (Å²) in [6.07, 6.45) is 1.68. The second-order valence-electron chi connectivity index (χ2n) is 5.81. The molecule has 0 saturated carbocycles. The minimum atomic E-state index is -0.285. The van der Waals surface area contributed by atoms with Gasteiger partial charge >= 0.3 is 0 Å². The fourth-order valence-corrected chi connectivity index (χ4v) is 3.35. The minimum Gasteiger partial charge on any atom is -0.368 e. The lowest BCUT2D eigenvalue weighted by Gasteiger charge is -2.32. The average molecular weight is 349 g/mol. The maximum absolute atomic E-state index is 13.7. The van der Waals surface area contributed by atoms with Gasteiger partial charge in [0.05, 0.1) is 13.2 Å². The van der Waals surface area contributed by atoms with Crippen molar-refractivity contribution in [1.82, 2.24) is 14.8 Å². The van der Waals surface area contributed by atoms with E-state index in [1.165, 1.54) is 6.07 Å². The van der Waals surface area contributed by atoms with E-state index in [9.17, 15) is 9.18 Å². The number of morpholine rings is 1.